The van der Waals surface area contributed by atoms with Gasteiger partial charge in [0.1, 0.15) is 0 Å². The van der Waals surface area contributed by atoms with Crippen LogP contribution >= 0.6 is 11.6 Å². The number of carbonyl (C=O) groups excluding carboxylic acids is 1. The van der Waals surface area contributed by atoms with Crippen LogP contribution in [-0.4, -0.2) is 43.5 Å². The largest absolute Gasteiger partial charge is 0.368 e. The molecule has 4 nitrogen and oxygen atoms in total. The fraction of sp³-hybridized carbons (Fsp3) is 0.350. The van der Waals surface area contributed by atoms with Crippen molar-refractivity contribution in [1.82, 2.24) is 10.2 Å². The van der Waals surface area contributed by atoms with Crippen molar-refractivity contribution >= 4 is 23.2 Å². The van der Waals surface area contributed by atoms with Crippen molar-refractivity contribution in [3.63, 3.8) is 0 Å². The minimum Gasteiger partial charge on any atom is -0.368 e. The molecule has 0 radical (unpaired) electrons. The summed E-state index contributed by atoms with van der Waals surface area (Å²) in [6.07, 6.45) is 0. The minimum absolute atomic E-state index is 0.0260. The van der Waals surface area contributed by atoms with Gasteiger partial charge in [-0.15, -0.1) is 0 Å². The Hall–Kier alpha value is -2.04. The lowest BCUT2D eigenvalue weighted by Crippen LogP contribution is -2.49. The summed E-state index contributed by atoms with van der Waals surface area (Å²) in [7, 11) is 0. The number of hydrogen-bond acceptors (Lipinski definition) is 3. The second-order valence-corrected chi connectivity index (χ2v) is 6.82. The Morgan fingerprint density at radius 3 is 2.36 bits per heavy atom. The first-order chi connectivity index (χ1) is 12.1. The van der Waals surface area contributed by atoms with E-state index in [1.807, 2.05) is 61.5 Å². The molecule has 1 aliphatic rings. The van der Waals surface area contributed by atoms with Gasteiger partial charge in [0.15, 0.2) is 0 Å². The molecule has 25 heavy (non-hydrogen) atoms. The second-order valence-electron chi connectivity index (χ2n) is 6.41. The van der Waals surface area contributed by atoms with Gasteiger partial charge in [0.25, 0.3) is 0 Å². The van der Waals surface area contributed by atoms with E-state index in [2.05, 4.69) is 15.1 Å². The van der Waals surface area contributed by atoms with Crippen molar-refractivity contribution in [2.75, 3.05) is 37.6 Å². The molecular formula is C20H24ClN3O. The first-order valence-corrected chi connectivity index (χ1v) is 9.07. The fourth-order valence-electron chi connectivity index (χ4n) is 3.17. The molecule has 0 spiro atoms. The predicted molar refractivity (Wildman–Crippen MR) is 103 cm³/mol. The number of piperazine rings is 1. The van der Waals surface area contributed by atoms with E-state index in [-0.39, 0.29) is 11.9 Å². The number of nitrogens with zero attached hydrogens (tertiary/aromatic N) is 2. The third kappa shape index (κ3) is 4.74. The van der Waals surface area contributed by atoms with Gasteiger partial charge in [-0.3, -0.25) is 9.69 Å². The first-order valence-electron chi connectivity index (χ1n) is 8.69. The highest BCUT2D eigenvalue weighted by atomic mass is 35.5. The molecule has 0 aliphatic carbocycles. The summed E-state index contributed by atoms with van der Waals surface area (Å²) in [4.78, 5) is 16.8. The van der Waals surface area contributed by atoms with Crippen LogP contribution in [0.15, 0.2) is 54.6 Å². The van der Waals surface area contributed by atoms with Crippen LogP contribution < -0.4 is 10.2 Å². The number of nitrogens with one attached hydrogen (secondary N) is 1. The molecule has 3 rings (SSSR count). The van der Waals surface area contributed by atoms with Crippen molar-refractivity contribution in [3.8, 4) is 0 Å². The first kappa shape index (κ1) is 17.8. The van der Waals surface area contributed by atoms with Crippen molar-refractivity contribution in [2.24, 2.45) is 0 Å². The van der Waals surface area contributed by atoms with Gasteiger partial charge in [-0.05, 0) is 24.6 Å². The van der Waals surface area contributed by atoms with Crippen LogP contribution in [0.25, 0.3) is 0 Å². The maximum Gasteiger partial charge on any atom is 0.234 e. The Bertz CT molecular complexity index is 699. The van der Waals surface area contributed by atoms with Gasteiger partial charge in [-0.1, -0.05) is 54.1 Å². The molecule has 0 saturated carbocycles. The van der Waals surface area contributed by atoms with Gasteiger partial charge in [0.05, 0.1) is 23.3 Å². The molecule has 132 valence electrons. The monoisotopic (exact) mass is 357 g/mol. The Balaban J connectivity index is 1.47. The number of halogens is 1. The summed E-state index contributed by atoms with van der Waals surface area (Å²) in [5, 5.41) is 3.86. The zero-order valence-corrected chi connectivity index (χ0v) is 15.2. The number of para-hydroxylation sites is 1. The van der Waals surface area contributed by atoms with E-state index in [1.165, 1.54) is 0 Å². The van der Waals surface area contributed by atoms with E-state index in [0.29, 0.717) is 6.54 Å². The lowest BCUT2D eigenvalue weighted by molar-refractivity contribution is -0.123. The van der Waals surface area contributed by atoms with Gasteiger partial charge in [0, 0.05) is 26.2 Å². The van der Waals surface area contributed by atoms with Crippen molar-refractivity contribution in [3.05, 3.63) is 65.2 Å². The average Bonchev–Trinajstić information content (AvgIpc) is 2.63. The minimum atomic E-state index is 0.0260. The highest BCUT2D eigenvalue weighted by molar-refractivity contribution is 6.33. The summed E-state index contributed by atoms with van der Waals surface area (Å²) in [6, 6.07) is 18.0. The Morgan fingerprint density at radius 2 is 1.68 bits per heavy atom. The summed E-state index contributed by atoms with van der Waals surface area (Å²) < 4.78 is 0. The van der Waals surface area contributed by atoms with E-state index < -0.39 is 0 Å². The van der Waals surface area contributed by atoms with Crippen molar-refractivity contribution < 1.29 is 4.79 Å². The number of rotatable bonds is 5. The van der Waals surface area contributed by atoms with E-state index >= 15 is 0 Å². The standard InChI is InChI=1S/C20H24ClN3O/c1-16(17-7-3-2-4-8-17)22-20(25)15-23-11-13-24(14-12-23)19-10-6-5-9-18(19)21/h2-10,16H,11-15H2,1H3,(H,22,25)/t16-/m1/s1. The van der Waals surface area contributed by atoms with Gasteiger partial charge in [-0.2, -0.15) is 0 Å². The summed E-state index contributed by atoms with van der Waals surface area (Å²) in [5.74, 6) is 0.0718. The van der Waals surface area contributed by atoms with Crippen LogP contribution in [0.1, 0.15) is 18.5 Å². The van der Waals surface area contributed by atoms with Crippen molar-refractivity contribution in [2.45, 2.75) is 13.0 Å². The second kappa shape index (κ2) is 8.37. The molecule has 1 N–H and O–H groups in total. The topological polar surface area (TPSA) is 35.6 Å². The van der Waals surface area contributed by atoms with Gasteiger partial charge in [0.2, 0.25) is 5.91 Å². The number of carbonyl (C=O) groups is 1. The molecule has 2 aromatic rings. The van der Waals surface area contributed by atoms with Crippen LogP contribution in [0.5, 0.6) is 0 Å². The molecule has 2 aromatic carbocycles. The molecule has 1 atom stereocenters. The number of amides is 1. The molecule has 1 fully saturated rings. The fourth-order valence-corrected chi connectivity index (χ4v) is 3.43. The third-order valence-electron chi connectivity index (χ3n) is 4.61. The quantitative estimate of drug-likeness (QED) is 0.891. The van der Waals surface area contributed by atoms with E-state index in [1.54, 1.807) is 0 Å². The smallest absolute Gasteiger partial charge is 0.234 e. The van der Waals surface area contributed by atoms with Gasteiger partial charge < -0.3 is 10.2 Å². The number of benzene rings is 2. The summed E-state index contributed by atoms with van der Waals surface area (Å²) in [5.41, 5.74) is 2.20. The maximum atomic E-state index is 12.3. The lowest BCUT2D eigenvalue weighted by atomic mass is 10.1. The lowest BCUT2D eigenvalue weighted by Gasteiger charge is -2.36. The van der Waals surface area contributed by atoms with Crippen LogP contribution in [0.4, 0.5) is 5.69 Å². The van der Waals surface area contributed by atoms with Crippen molar-refractivity contribution in [1.29, 1.82) is 0 Å². The number of hydrogen-bond donors (Lipinski definition) is 1. The molecule has 5 heteroatoms. The van der Waals surface area contributed by atoms with E-state index in [9.17, 15) is 4.79 Å². The van der Waals surface area contributed by atoms with Crippen LogP contribution in [0, 0.1) is 0 Å². The molecule has 1 aliphatic heterocycles. The highest BCUT2D eigenvalue weighted by Crippen LogP contribution is 2.25. The van der Waals surface area contributed by atoms with Gasteiger partial charge in [-0.25, -0.2) is 0 Å². The molecule has 1 saturated heterocycles. The molecule has 1 heterocycles. The Labute approximate surface area is 154 Å². The van der Waals surface area contributed by atoms with Gasteiger partial charge >= 0.3 is 0 Å². The number of anilines is 1. The normalized spacial score (nSPS) is 16.5. The molecular weight excluding hydrogens is 334 g/mol. The van der Waals surface area contributed by atoms with Crippen LogP contribution in [0.3, 0.4) is 0 Å². The van der Waals surface area contributed by atoms with Crippen LogP contribution in [-0.2, 0) is 4.79 Å². The summed E-state index contributed by atoms with van der Waals surface area (Å²) >= 11 is 6.27. The van der Waals surface area contributed by atoms with E-state index in [0.717, 1.165) is 42.5 Å². The maximum absolute atomic E-state index is 12.3. The Morgan fingerprint density at radius 1 is 1.04 bits per heavy atom. The zero-order chi connectivity index (χ0) is 17.6. The average molecular weight is 358 g/mol. The highest BCUT2D eigenvalue weighted by Gasteiger charge is 2.21. The molecule has 0 bridgehead atoms. The van der Waals surface area contributed by atoms with Crippen LogP contribution in [0.2, 0.25) is 5.02 Å². The molecule has 1 amide bonds. The predicted octanol–water partition coefficient (Wildman–Crippen LogP) is 3.34. The van der Waals surface area contributed by atoms with E-state index in [4.69, 9.17) is 11.6 Å². The third-order valence-corrected chi connectivity index (χ3v) is 4.93. The molecule has 0 unspecified atom stereocenters. The SMILES string of the molecule is C[C@@H](NC(=O)CN1CCN(c2ccccc2Cl)CC1)c1ccccc1. The summed E-state index contributed by atoms with van der Waals surface area (Å²) in [6.45, 7) is 5.93. The zero-order valence-electron chi connectivity index (χ0n) is 14.5. The molecule has 0 aromatic heterocycles. The Kier molecular flexibility index (Phi) is 5.95.